The number of aromatic nitrogens is 3. The summed E-state index contributed by atoms with van der Waals surface area (Å²) in [5.41, 5.74) is 9.88. The first kappa shape index (κ1) is 23.9. The molecule has 0 unspecified atom stereocenters. The lowest BCUT2D eigenvalue weighted by Gasteiger charge is -2.38. The van der Waals surface area contributed by atoms with Crippen LogP contribution in [0.3, 0.4) is 0 Å². The molecule has 0 bridgehead atoms. The van der Waals surface area contributed by atoms with Crippen LogP contribution in [-0.2, 0) is 0 Å². The maximum atomic E-state index is 12.2. The summed E-state index contributed by atoms with van der Waals surface area (Å²) < 4.78 is 0. The topological polar surface area (TPSA) is 106 Å². The molecular formula is C28H36N8O. The van der Waals surface area contributed by atoms with Crippen molar-refractivity contribution in [3.05, 3.63) is 48.3 Å². The predicted octanol–water partition coefficient (Wildman–Crippen LogP) is 2.71. The standard InChI is InChI=1S/C28H36N8O/c29-27(37)23-18-25(33-28(23)36-11-9-30-10-12-36)20-7-8-31-24(17-20)21-5-6-26(32-19-21)35-15-13-34(14-16-35)22-3-1-2-4-22/h5-8,17-19,22,30,33H,1-4,9-16H2,(H2,29,37). The van der Waals surface area contributed by atoms with Gasteiger partial charge in [-0.15, -0.1) is 0 Å². The number of nitrogens with zero attached hydrogens (tertiary/aromatic N) is 5. The van der Waals surface area contributed by atoms with Crippen LogP contribution in [0.15, 0.2) is 42.7 Å². The fourth-order valence-corrected chi connectivity index (χ4v) is 5.99. The minimum Gasteiger partial charge on any atom is -0.365 e. The van der Waals surface area contributed by atoms with Crippen molar-refractivity contribution < 1.29 is 4.79 Å². The molecule has 4 N–H and O–H groups in total. The highest BCUT2D eigenvalue weighted by Gasteiger charge is 2.26. The number of H-pyrrole nitrogens is 1. The number of anilines is 2. The molecule has 9 nitrogen and oxygen atoms in total. The fraction of sp³-hybridized carbons (Fsp3) is 0.464. The molecule has 1 saturated carbocycles. The highest BCUT2D eigenvalue weighted by Crippen LogP contribution is 2.30. The number of primary amides is 1. The Bertz CT molecular complexity index is 1220. The van der Waals surface area contributed by atoms with Gasteiger partial charge in [0.25, 0.3) is 5.91 Å². The van der Waals surface area contributed by atoms with Crippen LogP contribution in [0.25, 0.3) is 22.5 Å². The van der Waals surface area contributed by atoms with E-state index in [0.29, 0.717) is 5.56 Å². The lowest BCUT2D eigenvalue weighted by Crippen LogP contribution is -2.49. The van der Waals surface area contributed by atoms with Gasteiger partial charge in [0.1, 0.15) is 11.6 Å². The number of rotatable bonds is 6. The summed E-state index contributed by atoms with van der Waals surface area (Å²) in [7, 11) is 0. The number of pyridine rings is 2. The van der Waals surface area contributed by atoms with Crippen molar-refractivity contribution in [2.75, 3.05) is 62.2 Å². The zero-order valence-corrected chi connectivity index (χ0v) is 21.3. The van der Waals surface area contributed by atoms with E-state index in [4.69, 9.17) is 10.7 Å². The van der Waals surface area contributed by atoms with Crippen LogP contribution in [-0.4, -0.2) is 84.2 Å². The molecular weight excluding hydrogens is 464 g/mol. The summed E-state index contributed by atoms with van der Waals surface area (Å²) in [5, 5.41) is 3.34. The van der Waals surface area contributed by atoms with Gasteiger partial charge in [-0.1, -0.05) is 12.8 Å². The SMILES string of the molecule is NC(=O)c1cc(-c2ccnc(-c3ccc(N4CCN(C5CCCC5)CC4)nc3)c2)[nH]c1N1CCNCC1. The number of aromatic amines is 1. The number of carbonyl (C=O) groups excluding carboxylic acids is 1. The molecule has 0 aromatic carbocycles. The lowest BCUT2D eigenvalue weighted by atomic mass is 10.1. The molecule has 9 heteroatoms. The molecule has 0 spiro atoms. The Balaban J connectivity index is 1.17. The molecule has 5 heterocycles. The minimum atomic E-state index is -0.422. The van der Waals surface area contributed by atoms with E-state index in [1.807, 2.05) is 24.4 Å². The Morgan fingerprint density at radius 3 is 2.38 bits per heavy atom. The largest absolute Gasteiger partial charge is 0.365 e. The number of hydrogen-bond donors (Lipinski definition) is 3. The van der Waals surface area contributed by atoms with Crippen molar-refractivity contribution in [2.45, 2.75) is 31.7 Å². The van der Waals surface area contributed by atoms with E-state index in [0.717, 1.165) is 92.6 Å². The molecule has 3 fully saturated rings. The van der Waals surface area contributed by atoms with Crippen molar-refractivity contribution in [1.29, 1.82) is 0 Å². The minimum absolute atomic E-state index is 0.422. The van der Waals surface area contributed by atoms with E-state index in [2.05, 4.69) is 42.1 Å². The number of amides is 1. The maximum absolute atomic E-state index is 12.2. The van der Waals surface area contributed by atoms with Crippen LogP contribution in [0.5, 0.6) is 0 Å². The Labute approximate surface area is 218 Å². The highest BCUT2D eigenvalue weighted by molar-refractivity contribution is 5.99. The lowest BCUT2D eigenvalue weighted by molar-refractivity contribution is 0.100. The first-order valence-electron chi connectivity index (χ1n) is 13.6. The molecule has 0 atom stereocenters. The molecule has 6 rings (SSSR count). The van der Waals surface area contributed by atoms with Crippen molar-refractivity contribution in [1.82, 2.24) is 25.2 Å². The molecule has 3 aliphatic rings. The van der Waals surface area contributed by atoms with Gasteiger partial charge in [0, 0.05) is 87.6 Å². The van der Waals surface area contributed by atoms with Crippen molar-refractivity contribution in [3.8, 4) is 22.5 Å². The average molecular weight is 501 g/mol. The second-order valence-corrected chi connectivity index (χ2v) is 10.3. The van der Waals surface area contributed by atoms with Gasteiger partial charge in [-0.25, -0.2) is 4.98 Å². The predicted molar refractivity (Wildman–Crippen MR) is 147 cm³/mol. The van der Waals surface area contributed by atoms with Crippen LogP contribution >= 0.6 is 0 Å². The molecule has 194 valence electrons. The molecule has 3 aromatic rings. The number of nitrogens with two attached hydrogens (primary N) is 1. The van der Waals surface area contributed by atoms with Gasteiger partial charge in [0.2, 0.25) is 0 Å². The van der Waals surface area contributed by atoms with Crippen molar-refractivity contribution in [3.63, 3.8) is 0 Å². The molecule has 37 heavy (non-hydrogen) atoms. The van der Waals surface area contributed by atoms with Crippen LogP contribution in [0, 0.1) is 0 Å². The fourth-order valence-electron chi connectivity index (χ4n) is 5.99. The van der Waals surface area contributed by atoms with Crippen molar-refractivity contribution in [2.24, 2.45) is 5.73 Å². The summed E-state index contributed by atoms with van der Waals surface area (Å²) in [4.78, 5) is 32.3. The number of hydrogen-bond acceptors (Lipinski definition) is 7. The second kappa shape index (κ2) is 10.5. The maximum Gasteiger partial charge on any atom is 0.252 e. The van der Waals surface area contributed by atoms with Crippen LogP contribution in [0.1, 0.15) is 36.0 Å². The van der Waals surface area contributed by atoms with E-state index < -0.39 is 5.91 Å². The van der Waals surface area contributed by atoms with E-state index in [1.165, 1.54) is 25.7 Å². The molecule has 0 radical (unpaired) electrons. The third-order valence-electron chi connectivity index (χ3n) is 8.09. The van der Waals surface area contributed by atoms with Gasteiger partial charge < -0.3 is 25.8 Å². The quantitative estimate of drug-likeness (QED) is 0.478. The molecule has 1 amide bonds. The summed E-state index contributed by atoms with van der Waals surface area (Å²) in [6.07, 6.45) is 9.22. The summed E-state index contributed by atoms with van der Waals surface area (Å²) in [6.45, 7) is 7.72. The van der Waals surface area contributed by atoms with Gasteiger partial charge in [-0.3, -0.25) is 14.7 Å². The molecule has 1 aliphatic carbocycles. The smallest absolute Gasteiger partial charge is 0.252 e. The van der Waals surface area contributed by atoms with Gasteiger partial charge in [-0.2, -0.15) is 0 Å². The summed E-state index contributed by atoms with van der Waals surface area (Å²) >= 11 is 0. The number of carbonyl (C=O) groups is 1. The molecule has 2 saturated heterocycles. The Morgan fingerprint density at radius 1 is 0.892 bits per heavy atom. The summed E-state index contributed by atoms with van der Waals surface area (Å²) in [6, 6.07) is 10.8. The van der Waals surface area contributed by atoms with Crippen molar-refractivity contribution >= 4 is 17.5 Å². The third-order valence-corrected chi connectivity index (χ3v) is 8.09. The molecule has 2 aliphatic heterocycles. The van der Waals surface area contributed by atoms with Gasteiger partial charge in [0.15, 0.2) is 0 Å². The first-order valence-corrected chi connectivity index (χ1v) is 13.6. The summed E-state index contributed by atoms with van der Waals surface area (Å²) in [5.74, 6) is 1.40. The second-order valence-electron chi connectivity index (χ2n) is 10.3. The van der Waals surface area contributed by atoms with E-state index in [9.17, 15) is 4.79 Å². The number of piperazine rings is 2. The average Bonchev–Trinajstić information content (AvgIpc) is 3.65. The van der Waals surface area contributed by atoms with Crippen LogP contribution in [0.2, 0.25) is 0 Å². The van der Waals surface area contributed by atoms with Gasteiger partial charge in [-0.05, 0) is 43.2 Å². The van der Waals surface area contributed by atoms with E-state index >= 15 is 0 Å². The molecule has 3 aromatic heterocycles. The Morgan fingerprint density at radius 2 is 1.68 bits per heavy atom. The van der Waals surface area contributed by atoms with Crippen LogP contribution < -0.4 is 20.9 Å². The van der Waals surface area contributed by atoms with Gasteiger partial charge in [0.05, 0.1) is 11.3 Å². The zero-order chi connectivity index (χ0) is 25.2. The third kappa shape index (κ3) is 5.06. The van der Waals surface area contributed by atoms with E-state index in [1.54, 1.807) is 6.20 Å². The normalized spacial score (nSPS) is 19.5. The van der Waals surface area contributed by atoms with E-state index in [-0.39, 0.29) is 0 Å². The Hall–Kier alpha value is -3.43. The Kier molecular flexibility index (Phi) is 6.80. The monoisotopic (exact) mass is 500 g/mol. The van der Waals surface area contributed by atoms with Gasteiger partial charge >= 0.3 is 0 Å². The zero-order valence-electron chi connectivity index (χ0n) is 21.3. The first-order chi connectivity index (χ1) is 18.2. The number of nitrogens with one attached hydrogen (secondary N) is 2. The highest BCUT2D eigenvalue weighted by atomic mass is 16.1. The van der Waals surface area contributed by atoms with Crippen LogP contribution in [0.4, 0.5) is 11.6 Å².